The lowest BCUT2D eigenvalue weighted by Gasteiger charge is -2.23. The van der Waals surface area contributed by atoms with Crippen molar-refractivity contribution in [2.45, 2.75) is 13.5 Å². The fourth-order valence-corrected chi connectivity index (χ4v) is 1.86. The van der Waals surface area contributed by atoms with Gasteiger partial charge in [0.2, 0.25) is 0 Å². The molecule has 1 aromatic heterocycles. The summed E-state index contributed by atoms with van der Waals surface area (Å²) >= 11 is 0. The summed E-state index contributed by atoms with van der Waals surface area (Å²) < 4.78 is 13.2. The van der Waals surface area contributed by atoms with Crippen LogP contribution in [0.2, 0.25) is 0 Å². The molecule has 1 aromatic carbocycles. The van der Waals surface area contributed by atoms with Crippen molar-refractivity contribution in [1.29, 1.82) is 0 Å². The first-order valence-electron chi connectivity index (χ1n) is 5.92. The summed E-state index contributed by atoms with van der Waals surface area (Å²) in [5.74, 6) is -0.238. The second kappa shape index (κ2) is 5.60. The zero-order valence-electron chi connectivity index (χ0n) is 10.3. The zero-order chi connectivity index (χ0) is 13.0. The van der Waals surface area contributed by atoms with Crippen molar-refractivity contribution >= 4 is 11.4 Å². The van der Waals surface area contributed by atoms with E-state index in [9.17, 15) is 4.39 Å². The average molecular weight is 245 g/mol. The van der Waals surface area contributed by atoms with Crippen molar-refractivity contribution in [1.82, 2.24) is 4.98 Å². The number of halogens is 1. The van der Waals surface area contributed by atoms with Crippen LogP contribution in [0.3, 0.4) is 0 Å². The van der Waals surface area contributed by atoms with Gasteiger partial charge in [0.25, 0.3) is 0 Å². The van der Waals surface area contributed by atoms with E-state index < -0.39 is 0 Å². The van der Waals surface area contributed by atoms with Gasteiger partial charge in [0, 0.05) is 18.8 Å². The third kappa shape index (κ3) is 2.65. The van der Waals surface area contributed by atoms with Gasteiger partial charge in [-0.15, -0.1) is 0 Å². The summed E-state index contributed by atoms with van der Waals surface area (Å²) in [4.78, 5) is 6.25. The topological polar surface area (TPSA) is 42.1 Å². The molecule has 2 rings (SSSR count). The molecule has 0 atom stereocenters. The van der Waals surface area contributed by atoms with Crippen LogP contribution in [-0.2, 0) is 6.54 Å². The van der Waals surface area contributed by atoms with E-state index in [-0.39, 0.29) is 5.82 Å². The van der Waals surface area contributed by atoms with Crippen LogP contribution in [0.5, 0.6) is 0 Å². The first-order valence-corrected chi connectivity index (χ1v) is 5.92. The lowest BCUT2D eigenvalue weighted by Crippen LogP contribution is -2.16. The van der Waals surface area contributed by atoms with Gasteiger partial charge in [-0.1, -0.05) is 6.07 Å². The molecule has 0 unspecified atom stereocenters. The highest BCUT2D eigenvalue weighted by atomic mass is 19.1. The Labute approximate surface area is 106 Å². The maximum absolute atomic E-state index is 13.2. The van der Waals surface area contributed by atoms with E-state index in [1.54, 1.807) is 12.3 Å². The minimum absolute atomic E-state index is 0.238. The molecular formula is C14H16FN3. The first kappa shape index (κ1) is 12.5. The number of benzene rings is 1. The van der Waals surface area contributed by atoms with Gasteiger partial charge in [0.15, 0.2) is 0 Å². The smallest absolute Gasteiger partial charge is 0.125 e. The van der Waals surface area contributed by atoms with Crippen molar-refractivity contribution < 1.29 is 4.39 Å². The fourth-order valence-electron chi connectivity index (χ4n) is 1.86. The Morgan fingerprint density at radius 1 is 1.22 bits per heavy atom. The number of nitrogens with two attached hydrogens (primary N) is 1. The summed E-state index contributed by atoms with van der Waals surface area (Å²) in [6, 6.07) is 10.4. The van der Waals surface area contributed by atoms with Crippen LogP contribution in [0.1, 0.15) is 12.6 Å². The lowest BCUT2D eigenvalue weighted by molar-refractivity contribution is 0.627. The molecule has 94 valence electrons. The second-order valence-electron chi connectivity index (χ2n) is 3.94. The number of anilines is 2. The van der Waals surface area contributed by atoms with Crippen molar-refractivity contribution in [3.63, 3.8) is 0 Å². The van der Waals surface area contributed by atoms with Crippen molar-refractivity contribution in [3.8, 4) is 0 Å². The predicted octanol–water partition coefficient (Wildman–Crippen LogP) is 2.84. The van der Waals surface area contributed by atoms with Crippen molar-refractivity contribution in [2.75, 3.05) is 11.4 Å². The Morgan fingerprint density at radius 3 is 2.61 bits per heavy atom. The third-order valence-electron chi connectivity index (χ3n) is 2.77. The summed E-state index contributed by atoms with van der Waals surface area (Å²) in [6.45, 7) is 3.18. The molecule has 0 saturated carbocycles. The fraction of sp³-hybridized carbons (Fsp3) is 0.214. The van der Waals surface area contributed by atoms with Crippen LogP contribution in [0.4, 0.5) is 15.8 Å². The highest BCUT2D eigenvalue weighted by Gasteiger charge is 2.08. The van der Waals surface area contributed by atoms with E-state index in [4.69, 9.17) is 5.73 Å². The third-order valence-corrected chi connectivity index (χ3v) is 2.77. The van der Waals surface area contributed by atoms with Gasteiger partial charge in [-0.05, 0) is 37.3 Å². The van der Waals surface area contributed by atoms with Gasteiger partial charge < -0.3 is 10.6 Å². The van der Waals surface area contributed by atoms with E-state index >= 15 is 0 Å². The molecule has 1 heterocycles. The van der Waals surface area contributed by atoms with Crippen LogP contribution >= 0.6 is 0 Å². The number of pyridine rings is 1. The van der Waals surface area contributed by atoms with Crippen LogP contribution in [-0.4, -0.2) is 11.5 Å². The van der Waals surface area contributed by atoms with E-state index in [2.05, 4.69) is 4.98 Å². The number of nitrogens with zero attached hydrogens (tertiary/aromatic N) is 2. The molecule has 0 aliphatic rings. The van der Waals surface area contributed by atoms with E-state index in [0.29, 0.717) is 6.54 Å². The molecule has 18 heavy (non-hydrogen) atoms. The number of aromatic nitrogens is 1. The zero-order valence-corrected chi connectivity index (χ0v) is 10.3. The molecular weight excluding hydrogens is 229 g/mol. The Hall–Kier alpha value is -1.94. The van der Waals surface area contributed by atoms with E-state index in [1.165, 1.54) is 12.1 Å². The van der Waals surface area contributed by atoms with E-state index in [0.717, 1.165) is 23.6 Å². The Balaban J connectivity index is 2.32. The van der Waals surface area contributed by atoms with Gasteiger partial charge >= 0.3 is 0 Å². The van der Waals surface area contributed by atoms with Crippen LogP contribution < -0.4 is 10.6 Å². The van der Waals surface area contributed by atoms with E-state index in [1.807, 2.05) is 30.0 Å². The average Bonchev–Trinajstić information content (AvgIpc) is 2.40. The monoisotopic (exact) mass is 245 g/mol. The van der Waals surface area contributed by atoms with Crippen LogP contribution in [0.25, 0.3) is 0 Å². The SMILES string of the molecule is CCN(c1ccc(CN)nc1)c1cccc(F)c1. The molecule has 0 spiro atoms. The molecule has 3 nitrogen and oxygen atoms in total. The molecule has 2 aromatic rings. The Bertz CT molecular complexity index is 511. The molecule has 2 N–H and O–H groups in total. The quantitative estimate of drug-likeness (QED) is 0.900. The molecule has 0 fully saturated rings. The molecule has 0 amide bonds. The minimum Gasteiger partial charge on any atom is -0.340 e. The van der Waals surface area contributed by atoms with Gasteiger partial charge in [-0.2, -0.15) is 0 Å². The largest absolute Gasteiger partial charge is 0.340 e. The number of rotatable bonds is 4. The maximum atomic E-state index is 13.2. The summed E-state index contributed by atoms with van der Waals surface area (Å²) in [7, 11) is 0. The van der Waals surface area contributed by atoms with Crippen LogP contribution in [0, 0.1) is 5.82 Å². The Kier molecular flexibility index (Phi) is 3.89. The standard InChI is InChI=1S/C14H16FN3/c1-2-18(13-5-3-4-11(15)8-13)14-7-6-12(9-16)17-10-14/h3-8,10H,2,9,16H2,1H3. The predicted molar refractivity (Wildman–Crippen MR) is 71.2 cm³/mol. The van der Waals surface area contributed by atoms with Crippen LogP contribution in [0.15, 0.2) is 42.6 Å². The molecule has 0 aliphatic carbocycles. The van der Waals surface area contributed by atoms with Gasteiger partial charge in [0.1, 0.15) is 5.82 Å². The molecule has 4 heteroatoms. The van der Waals surface area contributed by atoms with Gasteiger partial charge in [0.05, 0.1) is 17.6 Å². The highest BCUT2D eigenvalue weighted by molar-refractivity contribution is 5.62. The second-order valence-corrected chi connectivity index (χ2v) is 3.94. The van der Waals surface area contributed by atoms with Crippen molar-refractivity contribution in [3.05, 3.63) is 54.1 Å². The highest BCUT2D eigenvalue weighted by Crippen LogP contribution is 2.24. The molecule has 0 saturated heterocycles. The summed E-state index contributed by atoms with van der Waals surface area (Å²) in [5.41, 5.74) is 8.11. The van der Waals surface area contributed by atoms with Gasteiger partial charge in [-0.25, -0.2) is 4.39 Å². The molecule has 0 bridgehead atoms. The summed E-state index contributed by atoms with van der Waals surface area (Å²) in [5, 5.41) is 0. The number of hydrogen-bond donors (Lipinski definition) is 1. The first-order chi connectivity index (χ1) is 8.74. The summed E-state index contributed by atoms with van der Waals surface area (Å²) in [6.07, 6.45) is 1.76. The molecule has 0 aliphatic heterocycles. The normalized spacial score (nSPS) is 10.4. The van der Waals surface area contributed by atoms with Gasteiger partial charge in [-0.3, -0.25) is 4.98 Å². The Morgan fingerprint density at radius 2 is 2.06 bits per heavy atom. The number of hydrogen-bond acceptors (Lipinski definition) is 3. The lowest BCUT2D eigenvalue weighted by atomic mass is 10.2. The molecule has 0 radical (unpaired) electrons. The van der Waals surface area contributed by atoms with Crippen molar-refractivity contribution in [2.24, 2.45) is 5.73 Å². The minimum atomic E-state index is -0.238. The maximum Gasteiger partial charge on any atom is 0.125 e.